The van der Waals surface area contributed by atoms with Gasteiger partial charge in [0.15, 0.2) is 0 Å². The van der Waals surface area contributed by atoms with E-state index in [2.05, 4.69) is 0 Å². The van der Waals surface area contributed by atoms with Crippen LogP contribution >= 0.6 is 0 Å². The maximum atomic E-state index is 12.0. The van der Waals surface area contributed by atoms with Crippen LogP contribution in [0.3, 0.4) is 0 Å². The Balaban J connectivity index is 2.19. The Morgan fingerprint density at radius 1 is 0.778 bits per heavy atom. The largest absolute Gasteiger partial charge is 0.398 e. The third kappa shape index (κ3) is 1.54. The van der Waals surface area contributed by atoms with Crippen molar-refractivity contribution in [3.05, 3.63) is 65.7 Å². The van der Waals surface area contributed by atoms with Gasteiger partial charge in [0.2, 0.25) is 9.84 Å². The van der Waals surface area contributed by atoms with Gasteiger partial charge in [0.25, 0.3) is 0 Å². The molecule has 0 saturated carbocycles. The lowest BCUT2D eigenvalue weighted by Gasteiger charge is -1.97. The summed E-state index contributed by atoms with van der Waals surface area (Å²) < 4.78 is 24.1. The molecular formula is C14H11NO2S. The summed E-state index contributed by atoms with van der Waals surface area (Å²) in [6.07, 6.45) is 0. The van der Waals surface area contributed by atoms with Crippen LogP contribution in [-0.4, -0.2) is 8.42 Å². The molecule has 0 aromatic heterocycles. The van der Waals surface area contributed by atoms with E-state index in [9.17, 15) is 8.42 Å². The summed E-state index contributed by atoms with van der Waals surface area (Å²) in [5, 5.41) is 0. The molecule has 0 spiro atoms. The predicted octanol–water partition coefficient (Wildman–Crippen LogP) is 2.52. The third-order valence-electron chi connectivity index (χ3n) is 2.94. The second-order valence-corrected chi connectivity index (χ2v) is 5.94. The lowest BCUT2D eigenvalue weighted by Crippen LogP contribution is -1.90. The summed E-state index contributed by atoms with van der Waals surface area (Å²) in [4.78, 5) is 0.743. The highest BCUT2D eigenvalue weighted by molar-refractivity contribution is 8.18. The molecule has 0 saturated heterocycles. The Morgan fingerprint density at radius 2 is 1.39 bits per heavy atom. The summed E-state index contributed by atoms with van der Waals surface area (Å²) in [7, 11) is -3.27. The minimum absolute atomic E-state index is 0.354. The molecule has 0 amide bonds. The highest BCUT2D eigenvalue weighted by Crippen LogP contribution is 2.52. The van der Waals surface area contributed by atoms with Gasteiger partial charge >= 0.3 is 0 Å². The number of benzene rings is 2. The Bertz CT molecular complexity index is 746. The van der Waals surface area contributed by atoms with Gasteiger partial charge < -0.3 is 5.73 Å². The second kappa shape index (κ2) is 3.71. The van der Waals surface area contributed by atoms with Crippen LogP contribution in [-0.2, 0) is 9.84 Å². The highest BCUT2D eigenvalue weighted by Gasteiger charge is 2.45. The third-order valence-corrected chi connectivity index (χ3v) is 4.68. The van der Waals surface area contributed by atoms with Crippen molar-refractivity contribution in [3.63, 3.8) is 0 Å². The van der Waals surface area contributed by atoms with E-state index in [0.29, 0.717) is 21.1 Å². The minimum Gasteiger partial charge on any atom is -0.398 e. The number of nitrogen functional groups attached to an aromatic ring is 1. The van der Waals surface area contributed by atoms with E-state index in [-0.39, 0.29) is 0 Å². The first-order valence-electron chi connectivity index (χ1n) is 5.52. The Morgan fingerprint density at radius 3 is 2.06 bits per heavy atom. The van der Waals surface area contributed by atoms with E-state index in [1.807, 2.05) is 18.2 Å². The molecule has 4 heteroatoms. The molecule has 2 aromatic carbocycles. The van der Waals surface area contributed by atoms with Crippen molar-refractivity contribution in [1.82, 2.24) is 0 Å². The molecule has 1 aliphatic heterocycles. The molecule has 0 bridgehead atoms. The summed E-state index contributed by atoms with van der Waals surface area (Å²) >= 11 is 0. The molecule has 0 radical (unpaired) electrons. The number of para-hydroxylation sites is 1. The van der Waals surface area contributed by atoms with Gasteiger partial charge in [0.1, 0.15) is 4.91 Å². The van der Waals surface area contributed by atoms with Crippen molar-refractivity contribution in [1.29, 1.82) is 0 Å². The van der Waals surface area contributed by atoms with Crippen LogP contribution in [0.2, 0.25) is 0 Å². The molecule has 0 fully saturated rings. The molecule has 0 aliphatic carbocycles. The van der Waals surface area contributed by atoms with Gasteiger partial charge in [-0.15, -0.1) is 0 Å². The van der Waals surface area contributed by atoms with Crippen LogP contribution in [0.15, 0.2) is 54.6 Å². The van der Waals surface area contributed by atoms with Gasteiger partial charge in [-0.25, -0.2) is 8.42 Å². The Hall–Kier alpha value is -2.07. The van der Waals surface area contributed by atoms with Gasteiger partial charge in [-0.2, -0.15) is 0 Å². The van der Waals surface area contributed by atoms with Crippen LogP contribution < -0.4 is 5.73 Å². The number of hydrogen-bond donors (Lipinski definition) is 1. The lowest BCUT2D eigenvalue weighted by molar-refractivity contribution is 0.618. The zero-order valence-corrected chi connectivity index (χ0v) is 10.3. The van der Waals surface area contributed by atoms with Crippen molar-refractivity contribution < 1.29 is 8.42 Å². The van der Waals surface area contributed by atoms with Crippen molar-refractivity contribution >= 4 is 25.3 Å². The number of rotatable bonds is 2. The van der Waals surface area contributed by atoms with Crippen molar-refractivity contribution in [3.8, 4) is 0 Å². The van der Waals surface area contributed by atoms with Crippen LogP contribution in [0.5, 0.6) is 0 Å². The summed E-state index contributed by atoms with van der Waals surface area (Å²) in [6, 6.07) is 16.1. The van der Waals surface area contributed by atoms with Crippen molar-refractivity contribution in [2.75, 3.05) is 5.73 Å². The van der Waals surface area contributed by atoms with Gasteiger partial charge in [-0.05, 0) is 11.6 Å². The average Bonchev–Trinajstić information content (AvgIpc) is 2.94. The zero-order valence-electron chi connectivity index (χ0n) is 9.50. The minimum atomic E-state index is -3.27. The molecule has 0 unspecified atom stereocenters. The van der Waals surface area contributed by atoms with Gasteiger partial charge in [-0.3, -0.25) is 0 Å². The van der Waals surface area contributed by atoms with E-state index in [0.717, 1.165) is 5.56 Å². The van der Waals surface area contributed by atoms with Crippen molar-refractivity contribution in [2.24, 2.45) is 0 Å². The molecule has 18 heavy (non-hydrogen) atoms. The lowest BCUT2D eigenvalue weighted by atomic mass is 10.1. The van der Waals surface area contributed by atoms with Gasteiger partial charge in [-0.1, -0.05) is 48.5 Å². The van der Waals surface area contributed by atoms with Crippen LogP contribution in [0, 0.1) is 0 Å². The summed E-state index contributed by atoms with van der Waals surface area (Å²) in [5.74, 6) is 0. The molecule has 0 atom stereocenters. The summed E-state index contributed by atoms with van der Waals surface area (Å²) in [6.45, 7) is 0. The smallest absolute Gasteiger partial charge is 0.210 e. The fourth-order valence-electron chi connectivity index (χ4n) is 2.04. The quantitative estimate of drug-likeness (QED) is 0.841. The predicted molar refractivity (Wildman–Crippen MR) is 73.0 cm³/mol. The second-order valence-electron chi connectivity index (χ2n) is 4.11. The molecule has 2 N–H and O–H groups in total. The number of nitrogens with two attached hydrogens (primary N) is 1. The SMILES string of the molecule is Nc1ccccc1C1=C(c2ccccc2)S1(=O)=O. The average molecular weight is 257 g/mol. The maximum absolute atomic E-state index is 12.0. The first-order chi connectivity index (χ1) is 8.62. The van der Waals surface area contributed by atoms with E-state index in [4.69, 9.17) is 5.73 Å². The van der Waals surface area contributed by atoms with E-state index in [1.54, 1.807) is 36.4 Å². The fraction of sp³-hybridized carbons (Fsp3) is 0. The van der Waals surface area contributed by atoms with E-state index in [1.165, 1.54) is 0 Å². The number of hydrogen-bond acceptors (Lipinski definition) is 3. The van der Waals surface area contributed by atoms with Crippen LogP contribution in [0.1, 0.15) is 11.1 Å². The van der Waals surface area contributed by atoms with Crippen LogP contribution in [0.4, 0.5) is 5.69 Å². The topological polar surface area (TPSA) is 60.2 Å². The molecule has 3 nitrogen and oxygen atoms in total. The first kappa shape index (κ1) is 11.0. The molecule has 1 aliphatic rings. The molecule has 90 valence electrons. The maximum Gasteiger partial charge on any atom is 0.210 e. The fourth-order valence-corrected chi connectivity index (χ4v) is 3.78. The van der Waals surface area contributed by atoms with E-state index >= 15 is 0 Å². The molecule has 2 aromatic rings. The van der Waals surface area contributed by atoms with Gasteiger partial charge in [0.05, 0.1) is 4.91 Å². The molecular weight excluding hydrogens is 246 g/mol. The Kier molecular flexibility index (Phi) is 2.28. The molecule has 1 heterocycles. The number of anilines is 1. The monoisotopic (exact) mass is 257 g/mol. The standard InChI is InChI=1S/C14H11NO2S/c15-12-9-5-4-8-11(12)14-13(18(14,16)17)10-6-2-1-3-7-10/h1-9H,15H2. The highest BCUT2D eigenvalue weighted by atomic mass is 32.2. The normalized spacial score (nSPS) is 16.7. The van der Waals surface area contributed by atoms with Crippen molar-refractivity contribution in [2.45, 2.75) is 0 Å². The van der Waals surface area contributed by atoms with Crippen LogP contribution in [0.25, 0.3) is 9.81 Å². The molecule has 3 rings (SSSR count). The Labute approximate surface area is 105 Å². The summed E-state index contributed by atoms with van der Waals surface area (Å²) in [5.41, 5.74) is 7.62. The number of sulfone groups is 1. The first-order valence-corrected chi connectivity index (χ1v) is 7.00. The van der Waals surface area contributed by atoms with E-state index < -0.39 is 9.84 Å². The zero-order chi connectivity index (χ0) is 12.8. The van der Waals surface area contributed by atoms with Gasteiger partial charge in [0, 0.05) is 11.3 Å².